The molecule has 0 radical (unpaired) electrons. The van der Waals surface area contributed by atoms with Crippen LogP contribution >= 0.6 is 0 Å². The van der Waals surface area contributed by atoms with Crippen LogP contribution in [0.15, 0.2) is 42.9 Å². The smallest absolute Gasteiger partial charge is 0.231 e. The summed E-state index contributed by atoms with van der Waals surface area (Å²) in [4.78, 5) is 45.2. The molecule has 1 saturated heterocycles. The molecule has 1 aliphatic heterocycles. The third-order valence-electron chi connectivity index (χ3n) is 8.83. The molecule has 4 aromatic rings. The molecule has 4 aromatic heterocycles. The number of fused-ring (bicyclic) bond motifs is 2. The Balaban J connectivity index is 0.987. The van der Waals surface area contributed by atoms with Crippen molar-refractivity contribution in [1.82, 2.24) is 29.5 Å². The minimum absolute atomic E-state index is 0.0383. The summed E-state index contributed by atoms with van der Waals surface area (Å²) in [5.41, 5.74) is 4.02. The molecule has 0 spiro atoms. The summed E-state index contributed by atoms with van der Waals surface area (Å²) in [6, 6.07) is 9.87. The standard InChI is InChI=1S/C30H31N9O2/c1-15-5-6-31-28(34-15)22-11-23(22)29(40)36-26-12-25(32-14-33-26)35-16(2)24-10-20-7-18(17-3-4-17)9-27(39(20)37-24)38-13-19-8-21(19)30(38)41/h5-7,9-10,12,14,16-17,19,21-23H,3-4,8,11,13H2,1-2H3,(H2,32,33,35,36,40)/t16-,19?,21?,22?,23?/m0/s1. The quantitative estimate of drug-likeness (QED) is 0.337. The van der Waals surface area contributed by atoms with Gasteiger partial charge in [0.15, 0.2) is 0 Å². The molecule has 41 heavy (non-hydrogen) atoms. The van der Waals surface area contributed by atoms with Crippen molar-refractivity contribution in [3.05, 3.63) is 65.6 Å². The number of aryl methyl sites for hydroxylation is 1. The first-order valence-corrected chi connectivity index (χ1v) is 14.5. The Labute approximate surface area is 236 Å². The highest BCUT2D eigenvalue weighted by Crippen LogP contribution is 2.49. The number of anilines is 3. The van der Waals surface area contributed by atoms with E-state index in [1.54, 1.807) is 12.3 Å². The summed E-state index contributed by atoms with van der Waals surface area (Å²) in [7, 11) is 0. The van der Waals surface area contributed by atoms with E-state index in [0.717, 1.165) is 47.9 Å². The topological polar surface area (TPSA) is 130 Å². The number of amides is 2. The van der Waals surface area contributed by atoms with Gasteiger partial charge in [0, 0.05) is 42.3 Å². The highest BCUT2D eigenvalue weighted by molar-refractivity contribution is 5.99. The summed E-state index contributed by atoms with van der Waals surface area (Å²) >= 11 is 0. The van der Waals surface area contributed by atoms with E-state index in [9.17, 15) is 9.59 Å². The van der Waals surface area contributed by atoms with Gasteiger partial charge >= 0.3 is 0 Å². The van der Waals surface area contributed by atoms with Crippen LogP contribution in [-0.4, -0.2) is 47.9 Å². The Morgan fingerprint density at radius 1 is 1.05 bits per heavy atom. The zero-order valence-electron chi connectivity index (χ0n) is 23.0. The normalized spacial score (nSPS) is 25.2. The Bertz CT molecular complexity index is 1710. The molecule has 5 heterocycles. The number of carbonyl (C=O) groups excluding carboxylic acids is 2. The number of aromatic nitrogens is 6. The maximum Gasteiger partial charge on any atom is 0.231 e. The van der Waals surface area contributed by atoms with Crippen molar-refractivity contribution in [2.75, 3.05) is 22.1 Å². The van der Waals surface area contributed by atoms with E-state index in [2.05, 4.69) is 48.8 Å². The Morgan fingerprint density at radius 3 is 2.68 bits per heavy atom. The number of pyridine rings is 1. The number of piperidine rings is 1. The fraction of sp³-hybridized carbons (Fsp3) is 0.433. The molecule has 11 heteroatoms. The monoisotopic (exact) mass is 549 g/mol. The fourth-order valence-electron chi connectivity index (χ4n) is 6.10. The minimum Gasteiger partial charge on any atom is -0.362 e. The predicted octanol–water partition coefficient (Wildman–Crippen LogP) is 4.00. The van der Waals surface area contributed by atoms with Gasteiger partial charge in [-0.05, 0) is 81.2 Å². The van der Waals surface area contributed by atoms with Crippen molar-refractivity contribution < 1.29 is 9.59 Å². The second-order valence-electron chi connectivity index (χ2n) is 12.0. The van der Waals surface area contributed by atoms with E-state index in [1.807, 2.05) is 29.3 Å². The van der Waals surface area contributed by atoms with Crippen LogP contribution in [-0.2, 0) is 9.59 Å². The zero-order valence-corrected chi connectivity index (χ0v) is 23.0. The molecule has 5 atom stereocenters. The third kappa shape index (κ3) is 4.49. The molecule has 4 unspecified atom stereocenters. The molecule has 0 aromatic carbocycles. The van der Waals surface area contributed by atoms with Gasteiger partial charge in [-0.1, -0.05) is 0 Å². The molecular weight excluding hydrogens is 518 g/mol. The van der Waals surface area contributed by atoms with Crippen molar-refractivity contribution in [2.24, 2.45) is 17.8 Å². The highest BCUT2D eigenvalue weighted by Gasteiger charge is 2.53. The van der Waals surface area contributed by atoms with Gasteiger partial charge in [-0.3, -0.25) is 14.5 Å². The molecule has 4 aliphatic rings. The second kappa shape index (κ2) is 9.05. The SMILES string of the molecule is Cc1ccnc(C2CC2C(=O)Nc2cc(N[C@@H](C)c3cc4cc(C5CC5)cc(N5CC6CC6C5=O)n4n3)ncn2)n1. The van der Waals surface area contributed by atoms with Crippen LogP contribution in [0.25, 0.3) is 5.52 Å². The lowest BCUT2D eigenvalue weighted by atomic mass is 10.1. The first-order valence-electron chi connectivity index (χ1n) is 14.5. The largest absolute Gasteiger partial charge is 0.362 e. The van der Waals surface area contributed by atoms with Crippen LogP contribution in [0.1, 0.15) is 73.3 Å². The first kappa shape index (κ1) is 24.4. The van der Waals surface area contributed by atoms with Gasteiger partial charge in [0.25, 0.3) is 0 Å². The summed E-state index contributed by atoms with van der Waals surface area (Å²) in [5.74, 6) is 3.89. The van der Waals surface area contributed by atoms with E-state index >= 15 is 0 Å². The van der Waals surface area contributed by atoms with E-state index in [1.165, 1.54) is 24.7 Å². The van der Waals surface area contributed by atoms with Crippen molar-refractivity contribution in [1.29, 1.82) is 0 Å². The van der Waals surface area contributed by atoms with Crippen molar-refractivity contribution in [2.45, 2.75) is 57.4 Å². The number of hydrogen-bond donors (Lipinski definition) is 2. The van der Waals surface area contributed by atoms with Gasteiger partial charge in [0.05, 0.1) is 17.3 Å². The summed E-state index contributed by atoms with van der Waals surface area (Å²) in [6.45, 7) is 4.73. The average molecular weight is 550 g/mol. The molecule has 2 amide bonds. The molecule has 2 N–H and O–H groups in total. The van der Waals surface area contributed by atoms with Crippen molar-refractivity contribution in [3.63, 3.8) is 0 Å². The van der Waals surface area contributed by atoms with Crippen LogP contribution in [0.4, 0.5) is 17.5 Å². The Morgan fingerprint density at radius 2 is 1.90 bits per heavy atom. The van der Waals surface area contributed by atoms with Gasteiger partial charge in [0.2, 0.25) is 11.8 Å². The molecular formula is C30H31N9O2. The van der Waals surface area contributed by atoms with Gasteiger partial charge in [0.1, 0.15) is 29.6 Å². The number of nitrogens with one attached hydrogen (secondary N) is 2. The number of rotatable bonds is 8. The third-order valence-corrected chi connectivity index (χ3v) is 8.83. The van der Waals surface area contributed by atoms with Gasteiger partial charge in [-0.2, -0.15) is 5.10 Å². The molecule has 3 aliphatic carbocycles. The lowest BCUT2D eigenvalue weighted by Crippen LogP contribution is -2.30. The van der Waals surface area contributed by atoms with Crippen LogP contribution < -0.4 is 15.5 Å². The molecule has 3 saturated carbocycles. The molecule has 4 fully saturated rings. The highest BCUT2D eigenvalue weighted by atomic mass is 16.2. The van der Waals surface area contributed by atoms with Crippen LogP contribution in [0.5, 0.6) is 0 Å². The lowest BCUT2D eigenvalue weighted by molar-refractivity contribution is -0.119. The Hall–Kier alpha value is -4.41. The van der Waals surface area contributed by atoms with E-state index in [-0.39, 0.29) is 35.6 Å². The van der Waals surface area contributed by atoms with Crippen molar-refractivity contribution in [3.8, 4) is 0 Å². The predicted molar refractivity (Wildman–Crippen MR) is 151 cm³/mol. The van der Waals surface area contributed by atoms with Crippen LogP contribution in [0.3, 0.4) is 0 Å². The number of carbonyl (C=O) groups is 2. The molecule has 0 bridgehead atoms. The van der Waals surface area contributed by atoms with Gasteiger partial charge < -0.3 is 10.6 Å². The molecule has 208 valence electrons. The zero-order chi connectivity index (χ0) is 27.8. The summed E-state index contributed by atoms with van der Waals surface area (Å²) in [6.07, 6.45) is 7.31. The van der Waals surface area contributed by atoms with E-state index < -0.39 is 0 Å². The average Bonchev–Trinajstić information content (AvgIpc) is 3.87. The van der Waals surface area contributed by atoms with Crippen molar-refractivity contribution >= 4 is 34.8 Å². The molecule has 8 rings (SSSR count). The van der Waals surface area contributed by atoms with Gasteiger partial charge in [-0.15, -0.1) is 0 Å². The van der Waals surface area contributed by atoms with E-state index in [4.69, 9.17) is 5.10 Å². The minimum atomic E-state index is -0.167. The lowest BCUT2D eigenvalue weighted by Gasteiger charge is -2.20. The maximum atomic E-state index is 12.9. The van der Waals surface area contributed by atoms with Crippen LogP contribution in [0, 0.1) is 24.7 Å². The van der Waals surface area contributed by atoms with E-state index in [0.29, 0.717) is 23.5 Å². The number of hydrogen-bond acceptors (Lipinski definition) is 8. The molecule has 11 nitrogen and oxygen atoms in total. The first-order chi connectivity index (χ1) is 19.9. The fourth-order valence-corrected chi connectivity index (χ4v) is 6.10. The number of nitrogens with zero attached hydrogens (tertiary/aromatic N) is 7. The Kier molecular flexibility index (Phi) is 5.38. The maximum absolute atomic E-state index is 12.9. The summed E-state index contributed by atoms with van der Waals surface area (Å²) in [5, 5.41) is 11.3. The van der Waals surface area contributed by atoms with Gasteiger partial charge in [-0.25, -0.2) is 24.5 Å². The van der Waals surface area contributed by atoms with Crippen LogP contribution in [0.2, 0.25) is 0 Å². The second-order valence-corrected chi connectivity index (χ2v) is 12.0. The summed E-state index contributed by atoms with van der Waals surface area (Å²) < 4.78 is 1.91.